The Morgan fingerprint density at radius 2 is 2.12 bits per heavy atom. The topological polar surface area (TPSA) is 56.6 Å². The van der Waals surface area contributed by atoms with E-state index in [4.69, 9.17) is 0 Å². The standard InChI is InChI=1S/C16H15F2N3O3/c1-20-8-10(6-14(20)22)9-21-5-4-19-15(21)11-2-3-12-13(7-11)24-16(17,18)23-12/h2-5,7,10H,6,8-9H2,1H3. The molecule has 0 spiro atoms. The Labute approximate surface area is 136 Å². The van der Waals surface area contributed by atoms with Crippen LogP contribution in [0.5, 0.6) is 11.5 Å². The van der Waals surface area contributed by atoms with Crippen molar-refractivity contribution in [2.75, 3.05) is 13.6 Å². The second-order valence-electron chi connectivity index (χ2n) is 6.08. The van der Waals surface area contributed by atoms with Crippen LogP contribution in [0, 0.1) is 5.92 Å². The molecular formula is C16H15F2N3O3. The van der Waals surface area contributed by atoms with Gasteiger partial charge in [-0.2, -0.15) is 0 Å². The van der Waals surface area contributed by atoms with Crippen molar-refractivity contribution in [3.05, 3.63) is 30.6 Å². The summed E-state index contributed by atoms with van der Waals surface area (Å²) in [6.45, 7) is 1.33. The molecule has 126 valence electrons. The number of fused-ring (bicyclic) bond motifs is 1. The molecule has 1 unspecified atom stereocenters. The van der Waals surface area contributed by atoms with E-state index in [2.05, 4.69) is 14.5 Å². The second-order valence-corrected chi connectivity index (χ2v) is 6.08. The molecule has 1 amide bonds. The van der Waals surface area contributed by atoms with Gasteiger partial charge < -0.3 is 18.9 Å². The molecule has 0 bridgehead atoms. The molecular weight excluding hydrogens is 320 g/mol. The lowest BCUT2D eigenvalue weighted by Crippen LogP contribution is -2.25. The Balaban J connectivity index is 1.59. The summed E-state index contributed by atoms with van der Waals surface area (Å²) in [5, 5.41) is 0. The van der Waals surface area contributed by atoms with Gasteiger partial charge in [0.15, 0.2) is 11.5 Å². The van der Waals surface area contributed by atoms with Crippen LogP contribution in [-0.2, 0) is 11.3 Å². The van der Waals surface area contributed by atoms with E-state index in [1.807, 2.05) is 10.8 Å². The Morgan fingerprint density at radius 1 is 1.33 bits per heavy atom. The van der Waals surface area contributed by atoms with Crippen molar-refractivity contribution in [2.24, 2.45) is 5.92 Å². The van der Waals surface area contributed by atoms with Crippen LogP contribution >= 0.6 is 0 Å². The molecule has 1 aromatic carbocycles. The monoisotopic (exact) mass is 335 g/mol. The molecule has 0 saturated carbocycles. The lowest BCUT2D eigenvalue weighted by atomic mass is 10.1. The SMILES string of the molecule is CN1CC(Cn2ccnc2-c2ccc3c(c2)OC(F)(F)O3)CC1=O. The minimum Gasteiger partial charge on any atom is -0.395 e. The van der Waals surface area contributed by atoms with Gasteiger partial charge in [-0.25, -0.2) is 4.98 Å². The molecule has 6 nitrogen and oxygen atoms in total. The number of likely N-dealkylation sites (tertiary alicyclic amines) is 1. The Morgan fingerprint density at radius 3 is 2.88 bits per heavy atom. The predicted octanol–water partition coefficient (Wildman–Crippen LogP) is 2.35. The number of rotatable bonds is 3. The lowest BCUT2D eigenvalue weighted by Gasteiger charge is -2.13. The molecule has 1 fully saturated rings. The normalized spacial score (nSPS) is 21.5. The Bertz CT molecular complexity index is 806. The fourth-order valence-corrected chi connectivity index (χ4v) is 3.16. The van der Waals surface area contributed by atoms with Crippen LogP contribution in [0.15, 0.2) is 30.6 Å². The number of alkyl halides is 2. The van der Waals surface area contributed by atoms with Crippen molar-refractivity contribution < 1.29 is 23.0 Å². The maximum atomic E-state index is 13.1. The number of hydrogen-bond donors (Lipinski definition) is 0. The van der Waals surface area contributed by atoms with Crippen LogP contribution in [0.1, 0.15) is 6.42 Å². The van der Waals surface area contributed by atoms with Gasteiger partial charge in [-0.3, -0.25) is 4.79 Å². The van der Waals surface area contributed by atoms with Crippen LogP contribution in [0.3, 0.4) is 0 Å². The average Bonchev–Trinajstić information content (AvgIpc) is 3.16. The van der Waals surface area contributed by atoms with Crippen LogP contribution in [0.4, 0.5) is 8.78 Å². The zero-order valence-electron chi connectivity index (χ0n) is 12.9. The number of amides is 1. The van der Waals surface area contributed by atoms with Gasteiger partial charge in [-0.15, -0.1) is 8.78 Å². The number of ether oxygens (including phenoxy) is 2. The molecule has 3 heterocycles. The lowest BCUT2D eigenvalue weighted by molar-refractivity contribution is -0.286. The molecule has 2 aliphatic rings. The fraction of sp³-hybridized carbons (Fsp3) is 0.375. The number of carbonyl (C=O) groups is 1. The summed E-state index contributed by atoms with van der Waals surface area (Å²) in [5.41, 5.74) is 0.651. The van der Waals surface area contributed by atoms with Crippen molar-refractivity contribution in [3.8, 4) is 22.9 Å². The fourth-order valence-electron chi connectivity index (χ4n) is 3.16. The van der Waals surface area contributed by atoms with Gasteiger partial charge in [-0.05, 0) is 18.2 Å². The van der Waals surface area contributed by atoms with Crippen molar-refractivity contribution in [1.82, 2.24) is 14.5 Å². The number of aromatic nitrogens is 2. The minimum atomic E-state index is -3.63. The quantitative estimate of drug-likeness (QED) is 0.864. The van der Waals surface area contributed by atoms with E-state index in [1.54, 1.807) is 24.2 Å². The zero-order valence-corrected chi connectivity index (χ0v) is 12.9. The Kier molecular flexibility index (Phi) is 3.22. The molecule has 0 N–H and O–H groups in total. The van der Waals surface area contributed by atoms with Crippen LogP contribution in [0.25, 0.3) is 11.4 Å². The highest BCUT2D eigenvalue weighted by Gasteiger charge is 2.43. The van der Waals surface area contributed by atoms with Gasteiger partial charge in [0.25, 0.3) is 0 Å². The molecule has 0 aliphatic carbocycles. The van der Waals surface area contributed by atoms with Crippen molar-refractivity contribution in [2.45, 2.75) is 19.3 Å². The van der Waals surface area contributed by atoms with Gasteiger partial charge in [0.1, 0.15) is 5.82 Å². The number of halogens is 2. The first kappa shape index (κ1) is 14.9. The maximum absolute atomic E-state index is 13.1. The van der Waals surface area contributed by atoms with E-state index in [1.165, 1.54) is 12.1 Å². The third-order valence-electron chi connectivity index (χ3n) is 4.25. The van der Waals surface area contributed by atoms with Crippen LogP contribution in [0.2, 0.25) is 0 Å². The van der Waals surface area contributed by atoms with E-state index in [9.17, 15) is 13.6 Å². The summed E-state index contributed by atoms with van der Waals surface area (Å²) < 4.78 is 37.1. The first-order valence-corrected chi connectivity index (χ1v) is 7.57. The van der Waals surface area contributed by atoms with Crippen LogP contribution in [-0.4, -0.2) is 40.2 Å². The first-order valence-electron chi connectivity index (χ1n) is 7.57. The van der Waals surface area contributed by atoms with Gasteiger partial charge >= 0.3 is 6.29 Å². The smallest absolute Gasteiger partial charge is 0.395 e. The highest BCUT2D eigenvalue weighted by Crippen LogP contribution is 2.42. The molecule has 8 heteroatoms. The van der Waals surface area contributed by atoms with Crippen molar-refractivity contribution in [3.63, 3.8) is 0 Å². The molecule has 2 aliphatic heterocycles. The minimum absolute atomic E-state index is 0.00451. The van der Waals surface area contributed by atoms with Gasteiger partial charge in [-0.1, -0.05) is 0 Å². The molecule has 1 saturated heterocycles. The summed E-state index contributed by atoms with van der Waals surface area (Å²) in [6.07, 6.45) is 0.332. The average molecular weight is 335 g/mol. The zero-order chi connectivity index (χ0) is 16.9. The van der Waals surface area contributed by atoms with Gasteiger partial charge in [0.2, 0.25) is 5.91 Å². The van der Waals surface area contributed by atoms with Gasteiger partial charge in [0, 0.05) is 50.4 Å². The molecule has 1 aromatic heterocycles. The summed E-state index contributed by atoms with van der Waals surface area (Å²) >= 11 is 0. The van der Waals surface area contributed by atoms with Crippen molar-refractivity contribution >= 4 is 5.91 Å². The van der Waals surface area contributed by atoms with E-state index < -0.39 is 6.29 Å². The van der Waals surface area contributed by atoms with E-state index in [0.717, 1.165) is 0 Å². The molecule has 24 heavy (non-hydrogen) atoms. The summed E-state index contributed by atoms with van der Waals surface area (Å²) in [7, 11) is 1.79. The number of benzene rings is 1. The predicted molar refractivity (Wildman–Crippen MR) is 79.6 cm³/mol. The summed E-state index contributed by atoms with van der Waals surface area (Å²) in [4.78, 5) is 17.7. The van der Waals surface area contributed by atoms with Crippen molar-refractivity contribution in [1.29, 1.82) is 0 Å². The maximum Gasteiger partial charge on any atom is 0.586 e. The third kappa shape index (κ3) is 2.57. The number of imidazole rings is 1. The largest absolute Gasteiger partial charge is 0.586 e. The number of carbonyl (C=O) groups excluding carboxylic acids is 1. The third-order valence-corrected chi connectivity index (χ3v) is 4.25. The number of hydrogen-bond acceptors (Lipinski definition) is 4. The Hall–Kier alpha value is -2.64. The highest BCUT2D eigenvalue weighted by molar-refractivity contribution is 5.78. The molecule has 4 rings (SSSR count). The highest BCUT2D eigenvalue weighted by atomic mass is 19.3. The molecule has 0 radical (unpaired) electrons. The summed E-state index contributed by atoms with van der Waals surface area (Å²) in [5.74, 6) is 0.965. The van der Waals surface area contributed by atoms with E-state index >= 15 is 0 Å². The van der Waals surface area contributed by atoms with Crippen LogP contribution < -0.4 is 9.47 Å². The van der Waals surface area contributed by atoms with E-state index in [0.29, 0.717) is 30.9 Å². The first-order chi connectivity index (χ1) is 11.4. The second kappa shape index (κ2) is 5.19. The van der Waals surface area contributed by atoms with Gasteiger partial charge in [0.05, 0.1) is 0 Å². The summed E-state index contributed by atoms with van der Waals surface area (Å²) in [6, 6.07) is 4.59. The molecule has 2 aromatic rings. The number of nitrogens with zero attached hydrogens (tertiary/aromatic N) is 3. The molecule has 1 atom stereocenters. The van der Waals surface area contributed by atoms with E-state index in [-0.39, 0.29) is 23.3 Å².